The van der Waals surface area contributed by atoms with Crippen molar-refractivity contribution in [3.8, 4) is 0 Å². The molecule has 8 nitrogen and oxygen atoms in total. The average molecular weight is 281 g/mol. The molecule has 1 unspecified atom stereocenters. The fraction of sp³-hybridized carbons (Fsp3) is 0.667. The van der Waals surface area contributed by atoms with Crippen LogP contribution in [0.5, 0.6) is 0 Å². The lowest BCUT2D eigenvalue weighted by atomic mass is 10.0. The number of amides is 2. The lowest BCUT2D eigenvalue weighted by Crippen LogP contribution is -2.46. The standard InChI is InChI=1S/C12H19N5O3/c1-2-3-9(11(18)19)6-13-12(20)16-4-5-17-8-14-15-10(17)7-16/h8-9H,2-7H2,1H3,(H,13,20)(H,18,19). The summed E-state index contributed by atoms with van der Waals surface area (Å²) >= 11 is 0. The van der Waals surface area contributed by atoms with Crippen LogP contribution in [-0.2, 0) is 17.9 Å². The number of carboxylic acid groups (broad SMARTS) is 1. The second-order valence-electron chi connectivity index (χ2n) is 4.87. The Morgan fingerprint density at radius 3 is 3.00 bits per heavy atom. The van der Waals surface area contributed by atoms with Gasteiger partial charge in [0, 0.05) is 19.6 Å². The zero-order valence-corrected chi connectivity index (χ0v) is 11.4. The molecule has 0 saturated carbocycles. The number of rotatable bonds is 5. The summed E-state index contributed by atoms with van der Waals surface area (Å²) in [6, 6.07) is -0.249. The number of aliphatic carboxylic acids is 1. The zero-order valence-electron chi connectivity index (χ0n) is 11.4. The van der Waals surface area contributed by atoms with Crippen molar-refractivity contribution in [1.82, 2.24) is 25.0 Å². The minimum absolute atomic E-state index is 0.158. The Labute approximate surface area is 116 Å². The highest BCUT2D eigenvalue weighted by molar-refractivity contribution is 5.76. The van der Waals surface area contributed by atoms with Crippen LogP contribution in [0.25, 0.3) is 0 Å². The van der Waals surface area contributed by atoms with Gasteiger partial charge in [-0.1, -0.05) is 13.3 Å². The van der Waals surface area contributed by atoms with E-state index in [1.54, 1.807) is 11.2 Å². The number of carboxylic acids is 1. The molecule has 2 amide bonds. The second kappa shape index (κ2) is 6.36. The Morgan fingerprint density at radius 1 is 1.50 bits per heavy atom. The monoisotopic (exact) mass is 281 g/mol. The molecule has 1 aromatic heterocycles. The number of nitrogens with one attached hydrogen (secondary N) is 1. The molecular weight excluding hydrogens is 262 g/mol. The zero-order chi connectivity index (χ0) is 14.5. The number of carbonyl (C=O) groups is 2. The minimum Gasteiger partial charge on any atom is -0.481 e. The first-order valence-electron chi connectivity index (χ1n) is 6.74. The third-order valence-corrected chi connectivity index (χ3v) is 3.41. The summed E-state index contributed by atoms with van der Waals surface area (Å²) < 4.78 is 1.90. The summed E-state index contributed by atoms with van der Waals surface area (Å²) in [5, 5.41) is 19.5. The van der Waals surface area contributed by atoms with Gasteiger partial charge in [-0.15, -0.1) is 10.2 Å². The summed E-state index contributed by atoms with van der Waals surface area (Å²) in [6.45, 7) is 3.72. The van der Waals surface area contributed by atoms with Gasteiger partial charge in [-0.05, 0) is 6.42 Å². The predicted molar refractivity (Wildman–Crippen MR) is 69.9 cm³/mol. The molecule has 110 valence electrons. The van der Waals surface area contributed by atoms with Crippen molar-refractivity contribution in [2.75, 3.05) is 13.1 Å². The molecule has 0 fully saturated rings. The van der Waals surface area contributed by atoms with Crippen molar-refractivity contribution in [3.63, 3.8) is 0 Å². The number of fused-ring (bicyclic) bond motifs is 1. The molecular formula is C12H19N5O3. The van der Waals surface area contributed by atoms with Gasteiger partial charge in [-0.3, -0.25) is 4.79 Å². The highest BCUT2D eigenvalue weighted by atomic mass is 16.4. The average Bonchev–Trinajstić information content (AvgIpc) is 2.89. The first-order valence-corrected chi connectivity index (χ1v) is 6.74. The van der Waals surface area contributed by atoms with Gasteiger partial charge in [0.05, 0.1) is 12.5 Å². The van der Waals surface area contributed by atoms with Crippen molar-refractivity contribution in [2.45, 2.75) is 32.9 Å². The molecule has 2 rings (SSSR count). The van der Waals surface area contributed by atoms with Crippen LogP contribution in [0.2, 0.25) is 0 Å². The van der Waals surface area contributed by atoms with Crippen molar-refractivity contribution in [2.24, 2.45) is 5.92 Å². The van der Waals surface area contributed by atoms with E-state index in [1.807, 2.05) is 11.5 Å². The van der Waals surface area contributed by atoms with E-state index in [1.165, 1.54) is 0 Å². The highest BCUT2D eigenvalue weighted by Gasteiger charge is 2.23. The number of hydrogen-bond donors (Lipinski definition) is 2. The molecule has 0 aliphatic carbocycles. The van der Waals surface area contributed by atoms with Gasteiger partial charge in [0.25, 0.3) is 0 Å². The van der Waals surface area contributed by atoms with Crippen LogP contribution in [0.15, 0.2) is 6.33 Å². The van der Waals surface area contributed by atoms with Crippen molar-refractivity contribution < 1.29 is 14.7 Å². The van der Waals surface area contributed by atoms with Gasteiger partial charge in [0.15, 0.2) is 5.82 Å². The summed E-state index contributed by atoms with van der Waals surface area (Å²) in [6.07, 6.45) is 2.98. The number of urea groups is 1. The van der Waals surface area contributed by atoms with E-state index in [2.05, 4.69) is 15.5 Å². The van der Waals surface area contributed by atoms with Gasteiger partial charge < -0.3 is 19.9 Å². The van der Waals surface area contributed by atoms with E-state index < -0.39 is 11.9 Å². The molecule has 2 N–H and O–H groups in total. The topological polar surface area (TPSA) is 100 Å². The molecule has 8 heteroatoms. The number of carbonyl (C=O) groups excluding carboxylic acids is 1. The van der Waals surface area contributed by atoms with Crippen LogP contribution < -0.4 is 5.32 Å². The van der Waals surface area contributed by atoms with E-state index in [4.69, 9.17) is 5.11 Å². The van der Waals surface area contributed by atoms with Crippen molar-refractivity contribution in [1.29, 1.82) is 0 Å². The van der Waals surface area contributed by atoms with Crippen LogP contribution >= 0.6 is 0 Å². The van der Waals surface area contributed by atoms with Gasteiger partial charge in [0.1, 0.15) is 6.33 Å². The molecule has 0 spiro atoms. The summed E-state index contributed by atoms with van der Waals surface area (Å²) in [7, 11) is 0. The second-order valence-corrected chi connectivity index (χ2v) is 4.87. The molecule has 1 aromatic rings. The quantitative estimate of drug-likeness (QED) is 0.808. The van der Waals surface area contributed by atoms with Crippen LogP contribution in [0, 0.1) is 5.92 Å². The van der Waals surface area contributed by atoms with Crippen LogP contribution in [-0.4, -0.2) is 49.9 Å². The fourth-order valence-electron chi connectivity index (χ4n) is 2.22. The van der Waals surface area contributed by atoms with Crippen LogP contribution in [0.1, 0.15) is 25.6 Å². The van der Waals surface area contributed by atoms with Gasteiger partial charge in [0.2, 0.25) is 0 Å². The summed E-state index contributed by atoms with van der Waals surface area (Å²) in [4.78, 5) is 24.7. The van der Waals surface area contributed by atoms with Gasteiger partial charge in [-0.25, -0.2) is 4.79 Å². The Morgan fingerprint density at radius 2 is 2.30 bits per heavy atom. The number of nitrogens with zero attached hydrogens (tertiary/aromatic N) is 4. The molecule has 1 atom stereocenters. The van der Waals surface area contributed by atoms with Crippen molar-refractivity contribution in [3.05, 3.63) is 12.2 Å². The minimum atomic E-state index is -0.870. The smallest absolute Gasteiger partial charge is 0.317 e. The van der Waals surface area contributed by atoms with Crippen LogP contribution in [0.3, 0.4) is 0 Å². The molecule has 0 aromatic carbocycles. The van der Waals surface area contributed by atoms with E-state index in [-0.39, 0.29) is 12.6 Å². The lowest BCUT2D eigenvalue weighted by Gasteiger charge is -2.27. The first kappa shape index (κ1) is 14.3. The molecule has 0 radical (unpaired) electrons. The Balaban J connectivity index is 1.85. The van der Waals surface area contributed by atoms with E-state index in [0.29, 0.717) is 26.1 Å². The third kappa shape index (κ3) is 3.25. The van der Waals surface area contributed by atoms with Crippen molar-refractivity contribution >= 4 is 12.0 Å². The Kier molecular flexibility index (Phi) is 4.54. The molecule has 20 heavy (non-hydrogen) atoms. The first-order chi connectivity index (χ1) is 9.61. The third-order valence-electron chi connectivity index (χ3n) is 3.41. The molecule has 1 aliphatic heterocycles. The lowest BCUT2D eigenvalue weighted by molar-refractivity contribution is -0.141. The number of hydrogen-bond acceptors (Lipinski definition) is 4. The van der Waals surface area contributed by atoms with E-state index >= 15 is 0 Å². The predicted octanol–water partition coefficient (Wildman–Crippen LogP) is 0.304. The highest BCUT2D eigenvalue weighted by Crippen LogP contribution is 2.10. The van der Waals surface area contributed by atoms with Gasteiger partial charge in [-0.2, -0.15) is 0 Å². The SMILES string of the molecule is CCCC(CNC(=O)N1CCn2cnnc2C1)C(=O)O. The maximum absolute atomic E-state index is 12.0. The van der Waals surface area contributed by atoms with E-state index in [9.17, 15) is 9.59 Å². The van der Waals surface area contributed by atoms with Crippen LogP contribution in [0.4, 0.5) is 4.79 Å². The normalized spacial score (nSPS) is 15.6. The summed E-state index contributed by atoms with van der Waals surface area (Å²) in [5.41, 5.74) is 0. The molecule has 1 aliphatic rings. The van der Waals surface area contributed by atoms with E-state index in [0.717, 1.165) is 12.2 Å². The largest absolute Gasteiger partial charge is 0.481 e. The summed E-state index contributed by atoms with van der Waals surface area (Å²) in [5.74, 6) is -0.655. The number of aromatic nitrogens is 3. The fourth-order valence-corrected chi connectivity index (χ4v) is 2.22. The Bertz CT molecular complexity index is 487. The van der Waals surface area contributed by atoms with Gasteiger partial charge >= 0.3 is 12.0 Å². The maximum atomic E-state index is 12.0. The molecule has 0 bridgehead atoms. The molecule has 2 heterocycles. The maximum Gasteiger partial charge on any atom is 0.317 e. The molecule has 0 saturated heterocycles. The Hall–Kier alpha value is -2.12.